The van der Waals surface area contributed by atoms with Gasteiger partial charge in [0, 0.05) is 18.8 Å². The van der Waals surface area contributed by atoms with Crippen LogP contribution in [0.5, 0.6) is 5.88 Å². The first-order chi connectivity index (χ1) is 14.6. The number of hydrogen-bond donors (Lipinski definition) is 1. The van der Waals surface area contributed by atoms with Crippen LogP contribution in [0.4, 0.5) is 0 Å². The molecule has 8 heteroatoms. The zero-order valence-electron chi connectivity index (χ0n) is 17.1. The standard InChI is InChI=1S/C22H24N4O3S/c1-14-19(22(30-2)26-20(25-14)17-8-5-11-28-17)21(27)24-13-15-9-10-18(23-12-15)29-16-6-3-4-7-16/h5,8-12,16H,3-4,6-7,13H2,1-2H3,(H,24,27). The van der Waals surface area contributed by atoms with E-state index in [0.717, 1.165) is 18.4 Å². The van der Waals surface area contributed by atoms with Crippen molar-refractivity contribution < 1.29 is 13.9 Å². The van der Waals surface area contributed by atoms with Crippen LogP contribution in [-0.2, 0) is 6.54 Å². The van der Waals surface area contributed by atoms with Gasteiger partial charge in [-0.1, -0.05) is 6.07 Å². The number of aromatic nitrogens is 3. The Hall–Kier alpha value is -2.87. The molecule has 0 bridgehead atoms. The van der Waals surface area contributed by atoms with Crippen LogP contribution in [0.15, 0.2) is 46.2 Å². The molecule has 156 valence electrons. The lowest BCUT2D eigenvalue weighted by Gasteiger charge is -2.13. The maximum absolute atomic E-state index is 12.8. The highest BCUT2D eigenvalue weighted by Crippen LogP contribution is 2.25. The SMILES string of the molecule is CSc1nc(-c2ccco2)nc(C)c1C(=O)NCc1ccc(OC2CCCC2)nc1. The number of ether oxygens (including phenoxy) is 1. The summed E-state index contributed by atoms with van der Waals surface area (Å²) in [4.78, 5) is 26.2. The van der Waals surface area contributed by atoms with E-state index in [9.17, 15) is 4.79 Å². The van der Waals surface area contributed by atoms with Gasteiger partial charge in [-0.25, -0.2) is 15.0 Å². The second kappa shape index (κ2) is 9.30. The Kier molecular flexibility index (Phi) is 6.32. The molecule has 0 spiro atoms. The minimum atomic E-state index is -0.214. The molecule has 3 aromatic heterocycles. The van der Waals surface area contributed by atoms with Crippen molar-refractivity contribution >= 4 is 17.7 Å². The highest BCUT2D eigenvalue weighted by molar-refractivity contribution is 7.98. The van der Waals surface area contributed by atoms with Gasteiger partial charge in [-0.15, -0.1) is 11.8 Å². The molecule has 30 heavy (non-hydrogen) atoms. The molecule has 0 aromatic carbocycles. The molecule has 4 rings (SSSR count). The third kappa shape index (κ3) is 4.64. The van der Waals surface area contributed by atoms with Crippen LogP contribution in [0.25, 0.3) is 11.6 Å². The minimum Gasteiger partial charge on any atom is -0.474 e. The molecule has 1 N–H and O–H groups in total. The number of furan rings is 1. The van der Waals surface area contributed by atoms with Crippen molar-refractivity contribution in [1.82, 2.24) is 20.3 Å². The molecular formula is C22H24N4O3S. The van der Waals surface area contributed by atoms with Crippen LogP contribution in [0, 0.1) is 6.92 Å². The van der Waals surface area contributed by atoms with Crippen molar-refractivity contribution in [3.8, 4) is 17.5 Å². The predicted molar refractivity (Wildman–Crippen MR) is 115 cm³/mol. The molecule has 3 heterocycles. The molecule has 1 saturated carbocycles. The Morgan fingerprint density at radius 2 is 2.10 bits per heavy atom. The fourth-order valence-corrected chi connectivity index (χ4v) is 4.13. The van der Waals surface area contributed by atoms with E-state index in [4.69, 9.17) is 9.15 Å². The Morgan fingerprint density at radius 3 is 2.77 bits per heavy atom. The molecule has 0 saturated heterocycles. The van der Waals surface area contributed by atoms with Gasteiger partial charge in [-0.2, -0.15) is 0 Å². The predicted octanol–water partition coefficient (Wildman–Crippen LogP) is 4.41. The van der Waals surface area contributed by atoms with Gasteiger partial charge in [0.1, 0.15) is 11.1 Å². The second-order valence-corrected chi connectivity index (χ2v) is 8.00. The molecule has 0 atom stereocenters. The van der Waals surface area contributed by atoms with Gasteiger partial charge in [-0.3, -0.25) is 4.79 Å². The number of amides is 1. The molecule has 1 aliphatic rings. The summed E-state index contributed by atoms with van der Waals surface area (Å²) in [6.45, 7) is 2.17. The average molecular weight is 425 g/mol. The summed E-state index contributed by atoms with van der Waals surface area (Å²) < 4.78 is 11.3. The van der Waals surface area contributed by atoms with Gasteiger partial charge < -0.3 is 14.5 Å². The van der Waals surface area contributed by atoms with Gasteiger partial charge in [0.25, 0.3) is 5.91 Å². The summed E-state index contributed by atoms with van der Waals surface area (Å²) in [5.74, 6) is 1.47. The zero-order chi connectivity index (χ0) is 20.9. The number of thioether (sulfide) groups is 1. The summed E-state index contributed by atoms with van der Waals surface area (Å²) in [7, 11) is 0. The number of pyridine rings is 1. The smallest absolute Gasteiger partial charge is 0.256 e. The van der Waals surface area contributed by atoms with Gasteiger partial charge in [0.2, 0.25) is 5.88 Å². The first-order valence-electron chi connectivity index (χ1n) is 10.0. The maximum atomic E-state index is 12.8. The van der Waals surface area contributed by atoms with E-state index in [1.165, 1.54) is 24.6 Å². The van der Waals surface area contributed by atoms with Gasteiger partial charge in [-0.05, 0) is 56.6 Å². The van der Waals surface area contributed by atoms with Crippen molar-refractivity contribution in [3.05, 3.63) is 53.5 Å². The Balaban J connectivity index is 1.42. The first kappa shape index (κ1) is 20.4. The molecule has 1 aliphatic carbocycles. The second-order valence-electron chi connectivity index (χ2n) is 7.21. The summed E-state index contributed by atoms with van der Waals surface area (Å²) in [6, 6.07) is 7.37. The third-order valence-electron chi connectivity index (χ3n) is 5.06. The number of carbonyl (C=O) groups is 1. The van der Waals surface area contributed by atoms with Crippen LogP contribution < -0.4 is 10.1 Å². The quantitative estimate of drug-likeness (QED) is 0.444. The van der Waals surface area contributed by atoms with Crippen LogP contribution in [0.1, 0.15) is 47.3 Å². The lowest BCUT2D eigenvalue weighted by Crippen LogP contribution is -2.25. The van der Waals surface area contributed by atoms with Crippen molar-refractivity contribution in [2.24, 2.45) is 0 Å². The van der Waals surface area contributed by atoms with E-state index in [1.807, 2.05) is 18.4 Å². The highest BCUT2D eigenvalue weighted by Gasteiger charge is 2.20. The van der Waals surface area contributed by atoms with Gasteiger partial charge in [0.15, 0.2) is 11.6 Å². The van der Waals surface area contributed by atoms with E-state index in [-0.39, 0.29) is 12.0 Å². The molecule has 7 nitrogen and oxygen atoms in total. The fourth-order valence-electron chi connectivity index (χ4n) is 3.50. The molecule has 0 aliphatic heterocycles. The summed E-state index contributed by atoms with van der Waals surface area (Å²) in [6.07, 6.45) is 10.1. The number of rotatable bonds is 7. The Morgan fingerprint density at radius 1 is 1.27 bits per heavy atom. The first-order valence-corrected chi connectivity index (χ1v) is 11.2. The molecule has 1 fully saturated rings. The molecule has 3 aromatic rings. The number of aryl methyl sites for hydroxylation is 1. The van der Waals surface area contributed by atoms with Crippen LogP contribution in [-0.4, -0.2) is 33.2 Å². The maximum Gasteiger partial charge on any atom is 0.256 e. The number of nitrogens with one attached hydrogen (secondary N) is 1. The summed E-state index contributed by atoms with van der Waals surface area (Å²) in [5.41, 5.74) is 1.99. The summed E-state index contributed by atoms with van der Waals surface area (Å²) in [5, 5.41) is 3.56. The summed E-state index contributed by atoms with van der Waals surface area (Å²) >= 11 is 1.41. The molecule has 0 radical (unpaired) electrons. The third-order valence-corrected chi connectivity index (χ3v) is 5.74. The molecular weight excluding hydrogens is 400 g/mol. The number of hydrogen-bond acceptors (Lipinski definition) is 7. The van der Waals surface area contributed by atoms with Crippen LogP contribution >= 0.6 is 11.8 Å². The van der Waals surface area contributed by atoms with E-state index in [2.05, 4.69) is 20.3 Å². The largest absolute Gasteiger partial charge is 0.474 e. The highest BCUT2D eigenvalue weighted by atomic mass is 32.2. The van der Waals surface area contributed by atoms with E-state index >= 15 is 0 Å². The lowest BCUT2D eigenvalue weighted by atomic mass is 10.2. The van der Waals surface area contributed by atoms with Gasteiger partial charge >= 0.3 is 0 Å². The van der Waals surface area contributed by atoms with Crippen LogP contribution in [0.3, 0.4) is 0 Å². The average Bonchev–Trinajstić information content (AvgIpc) is 3.47. The van der Waals surface area contributed by atoms with Gasteiger partial charge in [0.05, 0.1) is 17.5 Å². The van der Waals surface area contributed by atoms with E-state index in [1.54, 1.807) is 31.5 Å². The fraction of sp³-hybridized carbons (Fsp3) is 0.364. The van der Waals surface area contributed by atoms with Crippen molar-refractivity contribution in [2.45, 2.75) is 50.3 Å². The topological polar surface area (TPSA) is 90.1 Å². The monoisotopic (exact) mass is 424 g/mol. The zero-order valence-corrected chi connectivity index (χ0v) is 17.9. The van der Waals surface area contributed by atoms with Crippen molar-refractivity contribution in [3.63, 3.8) is 0 Å². The molecule has 1 amide bonds. The normalized spacial score (nSPS) is 14.1. The number of nitrogens with zero attached hydrogens (tertiary/aromatic N) is 3. The van der Waals surface area contributed by atoms with Crippen molar-refractivity contribution in [1.29, 1.82) is 0 Å². The van der Waals surface area contributed by atoms with E-state index in [0.29, 0.717) is 40.3 Å². The van der Waals surface area contributed by atoms with Crippen molar-refractivity contribution in [2.75, 3.05) is 6.26 Å². The number of carbonyl (C=O) groups excluding carboxylic acids is 1. The minimum absolute atomic E-state index is 0.214. The lowest BCUT2D eigenvalue weighted by molar-refractivity contribution is 0.0946. The Labute approximate surface area is 179 Å². The molecule has 0 unspecified atom stereocenters. The van der Waals surface area contributed by atoms with E-state index < -0.39 is 0 Å². The van der Waals surface area contributed by atoms with Crippen LogP contribution in [0.2, 0.25) is 0 Å². The Bertz CT molecular complexity index is 1000.